The van der Waals surface area contributed by atoms with Crippen LogP contribution in [0.25, 0.3) is 0 Å². The predicted octanol–water partition coefficient (Wildman–Crippen LogP) is 9.21. The molecular formula is C44H45O3P3. The molecule has 0 aliphatic carbocycles. The standard InChI is InChI=1S/C44H45O3P3/c1-32-19-7-13-25-38(32)48(45,39-26-14-8-20-33(39)2)31-44(49(46,40-27-15-9-21-34(40)3)41-28-16-10-22-35(41)4)50(47,42-29-17-11-23-36(42)5)43-30-18-12-24-37(43)6/h7-30,44H,31H2,1-6H3. The molecule has 0 radical (unpaired) electrons. The zero-order valence-electron chi connectivity index (χ0n) is 29.7. The van der Waals surface area contributed by atoms with Crippen molar-refractivity contribution in [2.45, 2.75) is 46.9 Å². The van der Waals surface area contributed by atoms with Gasteiger partial charge in [0.25, 0.3) is 0 Å². The van der Waals surface area contributed by atoms with Gasteiger partial charge in [-0.2, -0.15) is 0 Å². The Morgan fingerprint density at radius 2 is 0.540 bits per heavy atom. The van der Waals surface area contributed by atoms with Crippen molar-refractivity contribution in [1.29, 1.82) is 0 Å². The van der Waals surface area contributed by atoms with Crippen molar-refractivity contribution in [3.63, 3.8) is 0 Å². The number of benzene rings is 6. The number of aryl methyl sites for hydroxylation is 6. The quantitative estimate of drug-likeness (QED) is 0.133. The first kappa shape index (κ1) is 35.8. The Bertz CT molecular complexity index is 2080. The number of rotatable bonds is 10. The third-order valence-electron chi connectivity index (χ3n) is 10.2. The van der Waals surface area contributed by atoms with Crippen LogP contribution in [0.3, 0.4) is 0 Å². The Morgan fingerprint density at radius 1 is 0.340 bits per heavy atom. The third kappa shape index (κ3) is 6.15. The first-order valence-electron chi connectivity index (χ1n) is 17.1. The number of hydrogen-bond donors (Lipinski definition) is 0. The Balaban J connectivity index is 1.85. The van der Waals surface area contributed by atoms with Crippen LogP contribution in [0, 0.1) is 41.5 Å². The van der Waals surface area contributed by atoms with Gasteiger partial charge in [0.05, 0.1) is 5.40 Å². The van der Waals surface area contributed by atoms with E-state index in [0.29, 0.717) is 31.8 Å². The van der Waals surface area contributed by atoms with E-state index >= 15 is 13.7 Å². The van der Waals surface area contributed by atoms with E-state index < -0.39 is 26.8 Å². The maximum absolute atomic E-state index is 17.2. The van der Waals surface area contributed by atoms with Crippen LogP contribution in [0.2, 0.25) is 0 Å². The zero-order chi connectivity index (χ0) is 35.7. The fraction of sp³-hybridized carbons (Fsp3) is 0.182. The van der Waals surface area contributed by atoms with Crippen molar-refractivity contribution >= 4 is 53.3 Å². The van der Waals surface area contributed by atoms with E-state index in [-0.39, 0.29) is 6.16 Å². The summed E-state index contributed by atoms with van der Waals surface area (Å²) in [6.07, 6.45) is -0.0530. The Hall–Kier alpha value is -3.99. The van der Waals surface area contributed by atoms with Crippen molar-refractivity contribution in [3.8, 4) is 0 Å². The summed E-state index contributed by atoms with van der Waals surface area (Å²) >= 11 is 0. The normalized spacial score (nSPS) is 12.3. The molecule has 6 rings (SSSR count). The molecule has 0 aliphatic heterocycles. The molecule has 0 bridgehead atoms. The van der Waals surface area contributed by atoms with E-state index in [1.807, 2.05) is 187 Å². The van der Waals surface area contributed by atoms with Crippen molar-refractivity contribution in [2.75, 3.05) is 6.16 Å². The lowest BCUT2D eigenvalue weighted by Gasteiger charge is -2.40. The Labute approximate surface area is 298 Å². The zero-order valence-corrected chi connectivity index (χ0v) is 32.4. The maximum atomic E-state index is 17.2. The van der Waals surface area contributed by atoms with Crippen LogP contribution in [-0.2, 0) is 13.7 Å². The summed E-state index contributed by atoms with van der Waals surface area (Å²) in [5, 5.41) is 2.99. The molecule has 50 heavy (non-hydrogen) atoms. The van der Waals surface area contributed by atoms with Gasteiger partial charge in [-0.15, -0.1) is 0 Å². The highest BCUT2D eigenvalue weighted by atomic mass is 31.2. The second kappa shape index (κ2) is 14.3. The largest absolute Gasteiger partial charge is 0.314 e. The lowest BCUT2D eigenvalue weighted by molar-refractivity contribution is 0.570. The van der Waals surface area contributed by atoms with Gasteiger partial charge in [0.2, 0.25) is 0 Å². The molecule has 0 amide bonds. The Kier molecular flexibility index (Phi) is 10.3. The smallest absolute Gasteiger partial charge is 0.154 e. The molecule has 0 N–H and O–H groups in total. The summed E-state index contributed by atoms with van der Waals surface area (Å²) in [7, 11) is -11.4. The summed E-state index contributed by atoms with van der Waals surface area (Å²) in [4.78, 5) is 0. The molecule has 6 aromatic rings. The van der Waals surface area contributed by atoms with Gasteiger partial charge in [0.15, 0.2) is 14.3 Å². The molecule has 0 unspecified atom stereocenters. The number of hydrogen-bond acceptors (Lipinski definition) is 3. The molecule has 6 heteroatoms. The van der Waals surface area contributed by atoms with Gasteiger partial charge < -0.3 is 13.7 Å². The van der Waals surface area contributed by atoms with Gasteiger partial charge >= 0.3 is 0 Å². The first-order valence-corrected chi connectivity index (χ1v) is 22.5. The third-order valence-corrected chi connectivity index (χ3v) is 23.0. The molecule has 3 nitrogen and oxygen atoms in total. The fourth-order valence-corrected chi connectivity index (χ4v) is 22.6. The summed E-state index contributed by atoms with van der Waals surface area (Å²) in [6.45, 7) is 11.9. The SMILES string of the molecule is Cc1ccccc1P(=O)(CC(P(=O)(c1ccccc1C)c1ccccc1C)P(=O)(c1ccccc1C)c1ccccc1C)c1ccccc1C. The molecule has 0 saturated carbocycles. The lowest BCUT2D eigenvalue weighted by Crippen LogP contribution is -2.39. The van der Waals surface area contributed by atoms with Crippen LogP contribution in [0.15, 0.2) is 146 Å². The van der Waals surface area contributed by atoms with Crippen LogP contribution in [0.1, 0.15) is 33.4 Å². The van der Waals surface area contributed by atoms with E-state index in [9.17, 15) is 0 Å². The molecule has 0 aliphatic rings. The summed E-state index contributed by atoms with van der Waals surface area (Å²) in [5.74, 6) is 0. The monoisotopic (exact) mass is 714 g/mol. The van der Waals surface area contributed by atoms with E-state index in [0.717, 1.165) is 33.4 Å². The average Bonchev–Trinajstić information content (AvgIpc) is 3.11. The van der Waals surface area contributed by atoms with Crippen molar-refractivity contribution in [3.05, 3.63) is 179 Å². The van der Waals surface area contributed by atoms with E-state index in [1.165, 1.54) is 0 Å². The molecule has 0 aromatic heterocycles. The topological polar surface area (TPSA) is 51.2 Å². The van der Waals surface area contributed by atoms with Crippen molar-refractivity contribution in [2.24, 2.45) is 0 Å². The van der Waals surface area contributed by atoms with Crippen LogP contribution >= 0.6 is 21.4 Å². The van der Waals surface area contributed by atoms with Crippen molar-refractivity contribution < 1.29 is 13.7 Å². The van der Waals surface area contributed by atoms with Crippen LogP contribution in [0.5, 0.6) is 0 Å². The van der Waals surface area contributed by atoms with Gasteiger partial charge in [0.1, 0.15) is 7.14 Å². The second-order valence-electron chi connectivity index (χ2n) is 13.4. The van der Waals surface area contributed by atoms with Gasteiger partial charge in [-0.25, -0.2) is 0 Å². The van der Waals surface area contributed by atoms with Gasteiger partial charge in [-0.3, -0.25) is 0 Å². The molecular weight excluding hydrogens is 669 g/mol. The van der Waals surface area contributed by atoms with Gasteiger partial charge in [-0.1, -0.05) is 146 Å². The van der Waals surface area contributed by atoms with Gasteiger partial charge in [0, 0.05) is 38.0 Å². The molecule has 6 aromatic carbocycles. The van der Waals surface area contributed by atoms with Gasteiger partial charge in [-0.05, 0) is 74.9 Å². The highest BCUT2D eigenvalue weighted by Gasteiger charge is 2.54. The second-order valence-corrected chi connectivity index (χ2v) is 22.5. The van der Waals surface area contributed by atoms with E-state index in [2.05, 4.69) is 0 Å². The highest BCUT2D eigenvalue weighted by molar-refractivity contribution is 7.96. The average molecular weight is 715 g/mol. The van der Waals surface area contributed by atoms with Crippen LogP contribution in [0.4, 0.5) is 0 Å². The van der Waals surface area contributed by atoms with E-state index in [1.54, 1.807) is 0 Å². The predicted molar refractivity (Wildman–Crippen MR) is 216 cm³/mol. The molecule has 0 saturated heterocycles. The van der Waals surface area contributed by atoms with Crippen LogP contribution in [-0.4, -0.2) is 11.6 Å². The molecule has 0 heterocycles. The van der Waals surface area contributed by atoms with Crippen LogP contribution < -0.4 is 31.8 Å². The van der Waals surface area contributed by atoms with E-state index in [4.69, 9.17) is 0 Å². The summed E-state index contributed by atoms with van der Waals surface area (Å²) in [5.41, 5.74) is 5.19. The molecule has 0 fully saturated rings. The molecule has 0 atom stereocenters. The first-order chi connectivity index (χ1) is 23.9. The minimum Gasteiger partial charge on any atom is -0.314 e. The summed E-state index contributed by atoms with van der Waals surface area (Å²) < 4.78 is 51.0. The fourth-order valence-electron chi connectivity index (χ4n) is 7.60. The maximum Gasteiger partial charge on any atom is 0.154 e. The molecule has 0 spiro atoms. The molecule has 254 valence electrons. The Morgan fingerprint density at radius 3 is 0.760 bits per heavy atom. The minimum absolute atomic E-state index is 0.0530. The highest BCUT2D eigenvalue weighted by Crippen LogP contribution is 2.70. The summed E-state index contributed by atoms with van der Waals surface area (Å²) in [6, 6.07) is 46.7. The van der Waals surface area contributed by atoms with Crippen molar-refractivity contribution in [1.82, 2.24) is 0 Å². The lowest BCUT2D eigenvalue weighted by atomic mass is 10.2. The minimum atomic E-state index is -3.90.